The number of para-hydroxylation sites is 1. The minimum atomic E-state index is -0.229. The molecule has 2 N–H and O–H groups in total. The predicted octanol–water partition coefficient (Wildman–Crippen LogP) is 2.69. The molecule has 1 aromatic carbocycles. The zero-order chi connectivity index (χ0) is 16.7. The van der Waals surface area contributed by atoms with E-state index >= 15 is 0 Å². The van der Waals surface area contributed by atoms with Gasteiger partial charge in [-0.1, -0.05) is 23.7 Å². The number of ether oxygens (including phenoxy) is 1. The van der Waals surface area contributed by atoms with Crippen LogP contribution in [-0.2, 0) is 6.54 Å². The van der Waals surface area contributed by atoms with E-state index in [-0.39, 0.29) is 18.2 Å². The summed E-state index contributed by atoms with van der Waals surface area (Å²) in [6, 6.07) is 7.02. The third-order valence-electron chi connectivity index (χ3n) is 3.14. The van der Waals surface area contributed by atoms with Crippen LogP contribution in [0, 0.1) is 0 Å². The van der Waals surface area contributed by atoms with Crippen molar-refractivity contribution in [2.24, 2.45) is 0 Å². The molecule has 23 heavy (non-hydrogen) atoms. The highest BCUT2D eigenvalue weighted by Gasteiger charge is 2.11. The van der Waals surface area contributed by atoms with Crippen LogP contribution in [0.5, 0.6) is 5.75 Å². The zero-order valence-corrected chi connectivity index (χ0v) is 14.0. The first-order valence-electron chi connectivity index (χ1n) is 7.46. The first-order chi connectivity index (χ1) is 11.0. The maximum absolute atomic E-state index is 11.9. The van der Waals surface area contributed by atoms with Crippen molar-refractivity contribution >= 4 is 17.6 Å². The number of rotatable bonds is 7. The van der Waals surface area contributed by atoms with E-state index in [1.165, 1.54) is 0 Å². The molecule has 0 radical (unpaired) electrons. The number of benzene rings is 1. The molecule has 2 amide bonds. The minimum absolute atomic E-state index is 0.0102. The standard InChI is InChI=1S/C16H21ClN4O2/c1-12(10-21-8-7-18-11-21)20-16(22)19-9-13(2)23-15-6-4-3-5-14(15)17/h3-8,11-13H,9-10H2,1-2H3,(H2,19,20,22)/t12-,13-/m1/s1. The average Bonchev–Trinajstić information content (AvgIpc) is 3.00. The molecule has 124 valence electrons. The molecule has 2 aromatic rings. The van der Waals surface area contributed by atoms with Gasteiger partial charge < -0.3 is 19.9 Å². The summed E-state index contributed by atoms with van der Waals surface area (Å²) in [5.41, 5.74) is 0. The molecule has 0 bridgehead atoms. The molecule has 2 atom stereocenters. The number of hydrogen-bond acceptors (Lipinski definition) is 3. The van der Waals surface area contributed by atoms with Crippen molar-refractivity contribution in [2.45, 2.75) is 32.5 Å². The molecule has 1 aromatic heterocycles. The number of nitrogens with zero attached hydrogens (tertiary/aromatic N) is 2. The lowest BCUT2D eigenvalue weighted by molar-refractivity contribution is 0.206. The number of carbonyl (C=O) groups excluding carboxylic acids is 1. The van der Waals surface area contributed by atoms with Crippen molar-refractivity contribution in [1.29, 1.82) is 0 Å². The molecule has 0 aliphatic rings. The fraction of sp³-hybridized carbons (Fsp3) is 0.375. The molecule has 0 saturated carbocycles. The SMILES string of the molecule is C[C@H](Cn1ccnc1)NC(=O)NC[C@@H](C)Oc1ccccc1Cl. The Hall–Kier alpha value is -2.21. The lowest BCUT2D eigenvalue weighted by Crippen LogP contribution is -2.45. The van der Waals surface area contributed by atoms with Crippen LogP contribution in [0.4, 0.5) is 4.79 Å². The van der Waals surface area contributed by atoms with Gasteiger partial charge in [0.05, 0.1) is 17.9 Å². The van der Waals surface area contributed by atoms with Crippen LogP contribution >= 0.6 is 11.6 Å². The number of imidazole rings is 1. The zero-order valence-electron chi connectivity index (χ0n) is 13.2. The summed E-state index contributed by atoms with van der Waals surface area (Å²) in [4.78, 5) is 15.8. The normalized spacial score (nSPS) is 13.2. The van der Waals surface area contributed by atoms with E-state index in [9.17, 15) is 4.79 Å². The van der Waals surface area contributed by atoms with Gasteiger partial charge in [0.15, 0.2) is 0 Å². The highest BCUT2D eigenvalue weighted by molar-refractivity contribution is 6.32. The number of urea groups is 1. The van der Waals surface area contributed by atoms with Crippen LogP contribution in [0.25, 0.3) is 0 Å². The molecule has 0 aliphatic heterocycles. The second kappa shape index (κ2) is 8.43. The van der Waals surface area contributed by atoms with E-state index in [4.69, 9.17) is 16.3 Å². The molecule has 1 heterocycles. The maximum atomic E-state index is 11.9. The number of aromatic nitrogens is 2. The molecule has 2 rings (SSSR count). The summed E-state index contributed by atoms with van der Waals surface area (Å²) in [7, 11) is 0. The van der Waals surface area contributed by atoms with Gasteiger partial charge in [-0.05, 0) is 26.0 Å². The molecular formula is C16H21ClN4O2. The Morgan fingerprint density at radius 3 is 2.87 bits per heavy atom. The van der Waals surface area contributed by atoms with E-state index < -0.39 is 0 Å². The van der Waals surface area contributed by atoms with Crippen molar-refractivity contribution in [1.82, 2.24) is 20.2 Å². The van der Waals surface area contributed by atoms with Gasteiger partial charge in [0.25, 0.3) is 0 Å². The van der Waals surface area contributed by atoms with E-state index in [1.54, 1.807) is 24.7 Å². The maximum Gasteiger partial charge on any atom is 0.315 e. The molecule has 6 nitrogen and oxygen atoms in total. The van der Waals surface area contributed by atoms with Crippen molar-refractivity contribution in [3.05, 3.63) is 48.0 Å². The third kappa shape index (κ3) is 5.83. The first kappa shape index (κ1) is 17.1. The van der Waals surface area contributed by atoms with Gasteiger partial charge >= 0.3 is 6.03 Å². The number of hydrogen-bond donors (Lipinski definition) is 2. The van der Waals surface area contributed by atoms with Gasteiger partial charge in [-0.25, -0.2) is 9.78 Å². The van der Waals surface area contributed by atoms with E-state index in [0.29, 0.717) is 23.9 Å². The van der Waals surface area contributed by atoms with Crippen molar-refractivity contribution < 1.29 is 9.53 Å². The van der Waals surface area contributed by atoms with Gasteiger partial charge in [0, 0.05) is 25.0 Å². The second-order valence-electron chi connectivity index (χ2n) is 5.37. The van der Waals surface area contributed by atoms with E-state index in [0.717, 1.165) is 0 Å². The molecular weight excluding hydrogens is 316 g/mol. The molecule has 7 heteroatoms. The molecule has 0 aliphatic carbocycles. The quantitative estimate of drug-likeness (QED) is 0.816. The van der Waals surface area contributed by atoms with Crippen molar-refractivity contribution in [3.8, 4) is 5.75 Å². The Morgan fingerprint density at radius 1 is 1.39 bits per heavy atom. The number of halogens is 1. The van der Waals surface area contributed by atoms with Gasteiger partial charge in [0.1, 0.15) is 11.9 Å². The minimum Gasteiger partial charge on any atom is -0.487 e. The first-order valence-corrected chi connectivity index (χ1v) is 7.83. The van der Waals surface area contributed by atoms with E-state index in [2.05, 4.69) is 15.6 Å². The van der Waals surface area contributed by atoms with E-state index in [1.807, 2.05) is 36.7 Å². The molecule has 0 fully saturated rings. The Kier molecular flexibility index (Phi) is 6.29. The largest absolute Gasteiger partial charge is 0.487 e. The summed E-state index contributed by atoms with van der Waals surface area (Å²) in [5, 5.41) is 6.21. The molecule has 0 unspecified atom stereocenters. The van der Waals surface area contributed by atoms with Gasteiger partial charge in [-0.15, -0.1) is 0 Å². The Balaban J connectivity index is 1.70. The van der Waals surface area contributed by atoms with Crippen LogP contribution in [-0.4, -0.2) is 34.3 Å². The topological polar surface area (TPSA) is 68.2 Å². The molecule has 0 saturated heterocycles. The summed E-state index contributed by atoms with van der Waals surface area (Å²) in [5.74, 6) is 0.609. The number of nitrogens with one attached hydrogen (secondary N) is 2. The summed E-state index contributed by atoms with van der Waals surface area (Å²) in [6.07, 6.45) is 5.09. The number of carbonyl (C=O) groups is 1. The van der Waals surface area contributed by atoms with Crippen LogP contribution in [0.3, 0.4) is 0 Å². The van der Waals surface area contributed by atoms with Crippen LogP contribution in [0.2, 0.25) is 5.02 Å². The van der Waals surface area contributed by atoms with Crippen molar-refractivity contribution in [3.63, 3.8) is 0 Å². The van der Waals surface area contributed by atoms with Gasteiger partial charge in [-0.3, -0.25) is 0 Å². The Morgan fingerprint density at radius 2 is 2.17 bits per heavy atom. The predicted molar refractivity (Wildman–Crippen MR) is 89.8 cm³/mol. The summed E-state index contributed by atoms with van der Waals surface area (Å²) in [6.45, 7) is 4.86. The third-order valence-corrected chi connectivity index (χ3v) is 3.45. The smallest absolute Gasteiger partial charge is 0.315 e. The average molecular weight is 337 g/mol. The summed E-state index contributed by atoms with van der Waals surface area (Å²) >= 11 is 6.04. The van der Waals surface area contributed by atoms with Crippen LogP contribution in [0.1, 0.15) is 13.8 Å². The Labute approximate surface area is 140 Å². The highest BCUT2D eigenvalue weighted by Crippen LogP contribution is 2.23. The number of amides is 2. The monoisotopic (exact) mass is 336 g/mol. The second-order valence-corrected chi connectivity index (χ2v) is 5.78. The van der Waals surface area contributed by atoms with Crippen molar-refractivity contribution in [2.75, 3.05) is 6.54 Å². The Bertz CT molecular complexity index is 618. The summed E-state index contributed by atoms with van der Waals surface area (Å²) < 4.78 is 7.61. The van der Waals surface area contributed by atoms with Crippen LogP contribution < -0.4 is 15.4 Å². The van der Waals surface area contributed by atoms with Gasteiger partial charge in [-0.2, -0.15) is 0 Å². The lowest BCUT2D eigenvalue weighted by atomic mass is 10.3. The fourth-order valence-electron chi connectivity index (χ4n) is 2.07. The highest BCUT2D eigenvalue weighted by atomic mass is 35.5. The van der Waals surface area contributed by atoms with Crippen LogP contribution in [0.15, 0.2) is 43.0 Å². The van der Waals surface area contributed by atoms with Gasteiger partial charge in [0.2, 0.25) is 0 Å². The molecule has 0 spiro atoms. The fourth-order valence-corrected chi connectivity index (χ4v) is 2.25. The lowest BCUT2D eigenvalue weighted by Gasteiger charge is -2.18.